The summed E-state index contributed by atoms with van der Waals surface area (Å²) in [5.41, 5.74) is 6.01. The van der Waals surface area contributed by atoms with E-state index < -0.39 is 5.97 Å². The minimum Gasteiger partial charge on any atom is -0.461 e. The number of hydrogen-bond donors (Lipinski definition) is 1. The van der Waals surface area contributed by atoms with E-state index in [0.29, 0.717) is 17.5 Å². The Hall–Kier alpha value is -2.38. The number of esters is 1. The van der Waals surface area contributed by atoms with Crippen LogP contribution in [0.15, 0.2) is 4.52 Å². The molecule has 2 N–H and O–H groups in total. The molecule has 2 rings (SSSR count). The molecule has 0 saturated carbocycles. The van der Waals surface area contributed by atoms with Crippen LogP contribution < -0.4 is 5.73 Å². The van der Waals surface area contributed by atoms with Crippen LogP contribution in [0.3, 0.4) is 0 Å². The van der Waals surface area contributed by atoms with Gasteiger partial charge in [0.25, 0.3) is 0 Å². The zero-order chi connectivity index (χ0) is 14.0. The van der Waals surface area contributed by atoms with Crippen molar-refractivity contribution in [3.63, 3.8) is 0 Å². The van der Waals surface area contributed by atoms with Crippen molar-refractivity contribution in [1.82, 2.24) is 19.7 Å². The van der Waals surface area contributed by atoms with Crippen LogP contribution in [-0.2, 0) is 11.3 Å². The van der Waals surface area contributed by atoms with Crippen molar-refractivity contribution in [2.24, 2.45) is 0 Å². The van der Waals surface area contributed by atoms with Gasteiger partial charge in [0.1, 0.15) is 18.2 Å². The van der Waals surface area contributed by atoms with Crippen molar-refractivity contribution in [2.75, 3.05) is 12.3 Å². The van der Waals surface area contributed by atoms with E-state index in [1.54, 1.807) is 25.3 Å². The average molecular weight is 265 g/mol. The average Bonchev–Trinajstić information content (AvgIpc) is 2.88. The van der Waals surface area contributed by atoms with Crippen LogP contribution in [-0.4, -0.2) is 32.3 Å². The largest absolute Gasteiger partial charge is 0.461 e. The van der Waals surface area contributed by atoms with Gasteiger partial charge in [-0.3, -0.25) is 0 Å². The zero-order valence-electron chi connectivity index (χ0n) is 11.0. The zero-order valence-corrected chi connectivity index (χ0v) is 11.0. The molecule has 0 aromatic carbocycles. The Morgan fingerprint density at radius 2 is 2.16 bits per heavy atom. The maximum Gasteiger partial charge on any atom is 0.360 e. The number of ether oxygens (including phenoxy) is 1. The van der Waals surface area contributed by atoms with Gasteiger partial charge in [-0.05, 0) is 20.8 Å². The van der Waals surface area contributed by atoms with Gasteiger partial charge in [-0.25, -0.2) is 9.78 Å². The summed E-state index contributed by atoms with van der Waals surface area (Å²) in [7, 11) is 0. The van der Waals surface area contributed by atoms with E-state index in [1.807, 2.05) is 0 Å². The quantitative estimate of drug-likeness (QED) is 0.810. The molecule has 0 aliphatic carbocycles. The Morgan fingerprint density at radius 1 is 1.42 bits per heavy atom. The fraction of sp³-hybridized carbons (Fsp3) is 0.455. The van der Waals surface area contributed by atoms with Gasteiger partial charge in [-0.2, -0.15) is 4.98 Å². The predicted molar refractivity (Wildman–Crippen MR) is 65.5 cm³/mol. The lowest BCUT2D eigenvalue weighted by Gasteiger charge is -2.04. The highest BCUT2D eigenvalue weighted by molar-refractivity contribution is 5.92. The molecule has 0 bridgehead atoms. The maximum atomic E-state index is 11.7. The fourth-order valence-corrected chi connectivity index (χ4v) is 1.67. The summed E-state index contributed by atoms with van der Waals surface area (Å²) < 4.78 is 11.5. The maximum absolute atomic E-state index is 11.7. The number of aryl methyl sites for hydroxylation is 2. The van der Waals surface area contributed by atoms with Crippen LogP contribution in [0.25, 0.3) is 0 Å². The molecule has 0 spiro atoms. The van der Waals surface area contributed by atoms with Crippen LogP contribution >= 0.6 is 0 Å². The molecule has 0 unspecified atom stereocenters. The number of nitrogens with zero attached hydrogens (tertiary/aromatic N) is 4. The Morgan fingerprint density at radius 3 is 2.74 bits per heavy atom. The summed E-state index contributed by atoms with van der Waals surface area (Å²) in [6, 6.07) is 0. The molecule has 0 aliphatic heterocycles. The molecule has 8 heteroatoms. The molecule has 2 heterocycles. The topological polar surface area (TPSA) is 109 Å². The third kappa shape index (κ3) is 2.56. The van der Waals surface area contributed by atoms with E-state index in [0.717, 1.165) is 0 Å². The summed E-state index contributed by atoms with van der Waals surface area (Å²) in [6.45, 7) is 5.72. The molecule has 102 valence electrons. The van der Waals surface area contributed by atoms with Gasteiger partial charge in [0.05, 0.1) is 6.61 Å². The third-order valence-corrected chi connectivity index (χ3v) is 2.53. The number of aromatic nitrogens is 4. The molecular formula is C11H15N5O3. The number of nitrogens with two attached hydrogens (primary N) is 1. The number of anilines is 1. The molecule has 2 aromatic rings. The van der Waals surface area contributed by atoms with Crippen molar-refractivity contribution in [2.45, 2.75) is 27.3 Å². The van der Waals surface area contributed by atoms with Crippen LogP contribution in [0.4, 0.5) is 5.82 Å². The first-order chi connectivity index (χ1) is 9.02. The molecule has 0 aliphatic rings. The molecule has 2 aromatic heterocycles. The second kappa shape index (κ2) is 5.09. The Balaban J connectivity index is 2.29. The van der Waals surface area contributed by atoms with E-state index in [4.69, 9.17) is 15.0 Å². The highest BCUT2D eigenvalue weighted by atomic mass is 16.5. The first kappa shape index (κ1) is 13.1. The number of nitrogen functional groups attached to an aromatic ring is 1. The minimum absolute atomic E-state index is 0.107. The van der Waals surface area contributed by atoms with Gasteiger partial charge < -0.3 is 19.6 Å². The van der Waals surface area contributed by atoms with Crippen LogP contribution in [0, 0.1) is 13.8 Å². The molecule has 0 amide bonds. The van der Waals surface area contributed by atoms with Gasteiger partial charge in [-0.15, -0.1) is 0 Å². The van der Waals surface area contributed by atoms with E-state index in [9.17, 15) is 4.79 Å². The van der Waals surface area contributed by atoms with Crippen molar-refractivity contribution in [3.05, 3.63) is 23.2 Å². The summed E-state index contributed by atoms with van der Waals surface area (Å²) >= 11 is 0. The van der Waals surface area contributed by atoms with Crippen molar-refractivity contribution >= 4 is 11.8 Å². The number of carbonyl (C=O) groups is 1. The van der Waals surface area contributed by atoms with E-state index >= 15 is 0 Å². The number of carbonyl (C=O) groups excluding carboxylic acids is 1. The van der Waals surface area contributed by atoms with Crippen molar-refractivity contribution < 1.29 is 14.1 Å². The summed E-state index contributed by atoms with van der Waals surface area (Å²) in [5, 5.41) is 3.69. The molecule has 0 atom stereocenters. The van der Waals surface area contributed by atoms with Gasteiger partial charge in [0, 0.05) is 0 Å². The SMILES string of the molecule is CCOC(=O)c1nc(C)n(Cc2nc(C)no2)c1N. The standard InChI is InChI=1S/C11H15N5O3/c1-4-18-11(17)9-10(12)16(7(3)14-9)5-8-13-6(2)15-19-8/h4-5,12H2,1-3H3. The first-order valence-corrected chi connectivity index (χ1v) is 5.81. The second-order valence-corrected chi connectivity index (χ2v) is 3.93. The van der Waals surface area contributed by atoms with Gasteiger partial charge >= 0.3 is 5.97 Å². The number of hydrogen-bond acceptors (Lipinski definition) is 7. The van der Waals surface area contributed by atoms with E-state index in [2.05, 4.69) is 15.1 Å². The Bertz CT molecular complexity index is 601. The molecule has 8 nitrogen and oxygen atoms in total. The summed E-state index contributed by atoms with van der Waals surface area (Å²) in [4.78, 5) is 19.8. The highest BCUT2D eigenvalue weighted by Gasteiger charge is 2.20. The monoisotopic (exact) mass is 265 g/mol. The van der Waals surface area contributed by atoms with Crippen LogP contribution in [0.5, 0.6) is 0 Å². The number of imidazole rings is 1. The van der Waals surface area contributed by atoms with Gasteiger partial charge in [0.2, 0.25) is 5.89 Å². The lowest BCUT2D eigenvalue weighted by Crippen LogP contribution is -2.11. The molecular weight excluding hydrogens is 250 g/mol. The minimum atomic E-state index is -0.538. The lowest BCUT2D eigenvalue weighted by molar-refractivity contribution is 0.0521. The third-order valence-electron chi connectivity index (χ3n) is 2.53. The summed E-state index contributed by atoms with van der Waals surface area (Å²) in [5.74, 6) is 1.21. The molecule has 0 saturated heterocycles. The van der Waals surface area contributed by atoms with Crippen LogP contribution in [0.1, 0.15) is 35.0 Å². The Kier molecular flexibility index (Phi) is 3.50. The van der Waals surface area contributed by atoms with Gasteiger partial charge in [0.15, 0.2) is 11.5 Å². The fourth-order valence-electron chi connectivity index (χ4n) is 1.67. The normalized spacial score (nSPS) is 10.7. The van der Waals surface area contributed by atoms with Crippen molar-refractivity contribution in [1.29, 1.82) is 0 Å². The summed E-state index contributed by atoms with van der Waals surface area (Å²) in [6.07, 6.45) is 0. The smallest absolute Gasteiger partial charge is 0.360 e. The highest BCUT2D eigenvalue weighted by Crippen LogP contribution is 2.16. The predicted octanol–water partition coefficient (Wildman–Crippen LogP) is 0.690. The van der Waals surface area contributed by atoms with Gasteiger partial charge in [-0.1, -0.05) is 5.16 Å². The van der Waals surface area contributed by atoms with Crippen LogP contribution in [0.2, 0.25) is 0 Å². The molecule has 0 fully saturated rings. The molecule has 0 radical (unpaired) electrons. The molecule has 19 heavy (non-hydrogen) atoms. The first-order valence-electron chi connectivity index (χ1n) is 5.81. The van der Waals surface area contributed by atoms with Crippen molar-refractivity contribution in [3.8, 4) is 0 Å². The van der Waals surface area contributed by atoms with E-state index in [1.165, 1.54) is 0 Å². The Labute approximate surface area is 109 Å². The lowest BCUT2D eigenvalue weighted by atomic mass is 10.4. The second-order valence-electron chi connectivity index (χ2n) is 3.93. The van der Waals surface area contributed by atoms with E-state index in [-0.39, 0.29) is 24.7 Å². The number of rotatable bonds is 4.